The molecule has 0 aromatic carbocycles. The largest absolute Gasteiger partial charge is 0.384 e. The van der Waals surface area contributed by atoms with E-state index in [0.29, 0.717) is 45.2 Å². The van der Waals surface area contributed by atoms with Gasteiger partial charge in [0, 0.05) is 38.7 Å². The van der Waals surface area contributed by atoms with Gasteiger partial charge >= 0.3 is 0 Å². The van der Waals surface area contributed by atoms with Crippen LogP contribution in [-0.4, -0.2) is 209 Å². The number of aliphatic hydroxyl groups is 2. The molecule has 0 aromatic heterocycles. The fourth-order valence-electron chi connectivity index (χ4n) is 8.76. The van der Waals surface area contributed by atoms with Crippen LogP contribution in [0.15, 0.2) is 23.5 Å². The van der Waals surface area contributed by atoms with Gasteiger partial charge in [-0.2, -0.15) is 11.8 Å². The predicted octanol–water partition coefficient (Wildman–Crippen LogP) is 1.03. The van der Waals surface area contributed by atoms with Crippen molar-refractivity contribution in [1.82, 2.24) is 73.6 Å². The van der Waals surface area contributed by atoms with Crippen LogP contribution < -0.4 is 63.8 Å². The summed E-state index contributed by atoms with van der Waals surface area (Å²) in [5.41, 5.74) is -1.57. The minimum Gasteiger partial charge on any atom is -0.384 e. The lowest BCUT2D eigenvalue weighted by Gasteiger charge is -2.32. The van der Waals surface area contributed by atoms with Gasteiger partial charge in [0.2, 0.25) is 35.4 Å². The Labute approximate surface area is 548 Å². The molecular weight excluding hydrogens is 1250 g/mol. The first-order valence-electron chi connectivity index (χ1n) is 28.9. The van der Waals surface area contributed by atoms with Gasteiger partial charge in [0.1, 0.15) is 53.7 Å². The van der Waals surface area contributed by atoms with Crippen LogP contribution in [0.4, 0.5) is 0 Å². The molecule has 24 nitrogen and oxygen atoms in total. The van der Waals surface area contributed by atoms with Crippen molar-refractivity contribution in [3.8, 4) is 0 Å². The second-order valence-corrected chi connectivity index (χ2v) is 27.3. The Bertz CT molecular complexity index is 2560. The molecule has 14 N–H and O–H groups in total. The number of rotatable bonds is 26. The average molecular weight is 1350 g/mol. The molecule has 14 unspecified atom stereocenters. The van der Waals surface area contributed by atoms with E-state index in [1.54, 1.807) is 69.6 Å². The van der Waals surface area contributed by atoms with E-state index in [-0.39, 0.29) is 41.2 Å². The summed E-state index contributed by atoms with van der Waals surface area (Å²) >= 11 is 31.6. The van der Waals surface area contributed by atoms with Crippen molar-refractivity contribution < 1.29 is 48.6 Å². The number of nitrogens with zero attached hydrogens (tertiary/aromatic N) is 2. The molecule has 14 atom stereocenters. The zero-order chi connectivity index (χ0) is 66.4. The highest BCUT2D eigenvalue weighted by atomic mass is 32.2. The van der Waals surface area contributed by atoms with Gasteiger partial charge in [-0.05, 0) is 96.5 Å². The van der Waals surface area contributed by atoms with Crippen molar-refractivity contribution in [3.05, 3.63) is 23.5 Å². The second kappa shape index (κ2) is 37.3. The maximum Gasteiger partial charge on any atom is 0.252 e. The van der Waals surface area contributed by atoms with E-state index in [2.05, 4.69) is 63.8 Å². The number of aliphatic hydroxyl groups excluding tert-OH is 1. The molecule has 0 bridgehead atoms. The van der Waals surface area contributed by atoms with Crippen LogP contribution in [0.1, 0.15) is 116 Å². The highest BCUT2D eigenvalue weighted by molar-refractivity contribution is 8.02. The first-order chi connectivity index (χ1) is 40.5. The predicted molar refractivity (Wildman–Crippen MR) is 364 cm³/mol. The Morgan fingerprint density at radius 3 is 1.80 bits per heavy atom. The van der Waals surface area contributed by atoms with Crippen LogP contribution in [0.5, 0.6) is 0 Å². The van der Waals surface area contributed by atoms with Gasteiger partial charge < -0.3 is 83.8 Å². The summed E-state index contributed by atoms with van der Waals surface area (Å²) < 4.78 is 0. The molecule has 2 aliphatic rings. The van der Waals surface area contributed by atoms with Gasteiger partial charge in [0.25, 0.3) is 5.91 Å². The van der Waals surface area contributed by atoms with E-state index in [9.17, 15) is 48.6 Å². The van der Waals surface area contributed by atoms with E-state index >= 15 is 0 Å². The minimum absolute atomic E-state index is 0.100. The highest BCUT2D eigenvalue weighted by Crippen LogP contribution is 2.20. The average Bonchev–Trinajstić information content (AvgIpc) is 2.68. The van der Waals surface area contributed by atoms with Crippen LogP contribution in [0.25, 0.3) is 0 Å². The van der Waals surface area contributed by atoms with E-state index in [1.165, 1.54) is 32.4 Å². The smallest absolute Gasteiger partial charge is 0.252 e. The Hall–Kier alpha value is -4.89. The number of likely N-dealkylation sites (N-methyl/N-ethyl adjacent to an activating group) is 1. The molecule has 7 amide bonds. The van der Waals surface area contributed by atoms with Crippen LogP contribution in [-0.2, 0) is 38.4 Å². The lowest BCUT2D eigenvalue weighted by molar-refractivity contribution is -0.143. The van der Waals surface area contributed by atoms with Crippen LogP contribution in [0.3, 0.4) is 0 Å². The molecule has 0 aliphatic carbocycles. The Morgan fingerprint density at radius 2 is 1.30 bits per heavy atom. The number of Topliss-reactive ketones (excluding diaryl/α,β-unsaturated/α-hetero) is 1. The molecule has 490 valence electrons. The molecule has 0 saturated heterocycles. The van der Waals surface area contributed by atoms with Gasteiger partial charge in [-0.25, -0.2) is 0 Å². The van der Waals surface area contributed by atoms with Crippen molar-refractivity contribution >= 4 is 157 Å². The molecule has 0 saturated carbocycles. The number of carbonyl (C=O) groups excluding carboxylic acids is 8. The van der Waals surface area contributed by atoms with Crippen LogP contribution >= 0.6 is 84.6 Å². The first-order valence-corrected chi connectivity index (χ1v) is 33.4. The third kappa shape index (κ3) is 25.9. The third-order valence-corrected chi connectivity index (χ3v) is 17.9. The number of thiocarbonyl (C=S) groups is 5. The summed E-state index contributed by atoms with van der Waals surface area (Å²) in [5, 5.41) is 58.8. The van der Waals surface area contributed by atoms with Crippen molar-refractivity contribution in [2.24, 2.45) is 17.8 Å². The molecule has 2 aliphatic heterocycles. The second-order valence-electron chi connectivity index (χ2n) is 23.2. The normalized spacial score (nSPS) is 22.6. The fraction of sp³-hybridized carbons (Fsp3) is 0.696. The Balaban J connectivity index is 2.26. The summed E-state index contributed by atoms with van der Waals surface area (Å²) in [5.74, 6) is -5.43. The van der Waals surface area contributed by atoms with Gasteiger partial charge in [-0.3, -0.25) is 38.4 Å². The Kier molecular flexibility index (Phi) is 33.5. The van der Waals surface area contributed by atoms with Crippen LogP contribution in [0, 0.1) is 17.8 Å². The van der Waals surface area contributed by atoms with E-state index in [4.69, 9.17) is 61.1 Å². The number of ketones is 1. The number of thioether (sulfide) groups is 2. The highest BCUT2D eigenvalue weighted by Gasteiger charge is 2.39. The maximum atomic E-state index is 14.3. The quantitative estimate of drug-likeness (QED) is 0.0538. The topological polar surface area (TPSA) is 328 Å². The fourth-order valence-corrected chi connectivity index (χ4v) is 11.5. The molecule has 0 radical (unpaired) electrons. The SMILES string of the molecule is CCC(C)C1NC(=O)C(NC(=O)C(C)NC(=S)C(C)NC(=S)C(C)NC(=S)C(C)NC(=S)C(CCSC)NC(=S)C(NC(=O)C(C)(O)CC(C)=O)C(C)C)CSC=CNC(=O)C(C(O)C2=CN(C)CN2C)NC(=O)C(CC(C)C)NC(=O)C(C)NC1=O. The zero-order valence-electron chi connectivity index (χ0n) is 52.8. The molecule has 2 heterocycles. The number of hydrogen-bond donors (Lipinski definition) is 14. The van der Waals surface area contributed by atoms with Gasteiger partial charge in [-0.1, -0.05) is 109 Å². The third-order valence-electron chi connectivity index (χ3n) is 14.2. The zero-order valence-corrected chi connectivity index (χ0v) is 58.5. The number of amides is 7. The monoisotopic (exact) mass is 1350 g/mol. The number of carbonyl (C=O) groups is 8. The summed E-state index contributed by atoms with van der Waals surface area (Å²) in [6, 6.07) is -10.1. The summed E-state index contributed by atoms with van der Waals surface area (Å²) in [6.07, 6.45) is 4.18. The lowest BCUT2D eigenvalue weighted by Crippen LogP contribution is -2.61. The number of hydrogen-bond acceptors (Lipinski definition) is 19. The van der Waals surface area contributed by atoms with E-state index in [0.717, 1.165) is 17.5 Å². The molecule has 31 heteroatoms. The van der Waals surface area contributed by atoms with Gasteiger partial charge in [0.15, 0.2) is 0 Å². The van der Waals surface area contributed by atoms with Crippen molar-refractivity contribution in [1.29, 1.82) is 0 Å². The van der Waals surface area contributed by atoms with Crippen molar-refractivity contribution in [2.75, 3.05) is 38.5 Å². The molecule has 0 spiro atoms. The minimum atomic E-state index is -1.92. The van der Waals surface area contributed by atoms with Crippen LogP contribution in [0.2, 0.25) is 0 Å². The molecule has 0 fully saturated rings. The van der Waals surface area contributed by atoms with Crippen molar-refractivity contribution in [3.63, 3.8) is 0 Å². The van der Waals surface area contributed by atoms with E-state index < -0.39 is 125 Å². The molecule has 2 rings (SSSR count). The summed E-state index contributed by atoms with van der Waals surface area (Å²) in [6.45, 7) is 22.4. The maximum absolute atomic E-state index is 14.3. The Morgan fingerprint density at radius 1 is 0.747 bits per heavy atom. The lowest BCUT2D eigenvalue weighted by atomic mass is 9.96. The molecule has 0 aromatic rings. The summed E-state index contributed by atoms with van der Waals surface area (Å²) in [4.78, 5) is 114. The summed E-state index contributed by atoms with van der Waals surface area (Å²) in [7, 11) is 3.51. The molecule has 87 heavy (non-hydrogen) atoms. The number of nitrogens with one attached hydrogen (secondary N) is 12. The van der Waals surface area contributed by atoms with Crippen molar-refractivity contribution in [2.45, 2.75) is 194 Å². The molecular formula is C56H94N14O10S7. The van der Waals surface area contributed by atoms with Gasteiger partial charge in [0.05, 0.1) is 67.5 Å². The first kappa shape index (κ1) is 78.2. The standard InChI is InChI=1S/C56H94N14O10S7/c1-17-29(6)41-49(78)58-31(8)44(73)63-37(22-27(2)3)46(75)67-42(43(72)39-24-69(14)26-70(39)15)48(77)57-19-21-87-25-38(47(76)66-41)64-45(74)32(9)59-50(81)33(10)60-51(82)34(11)61-52(83)35(12)62-53(84)36(18-20-86-16)65-54(85)40(28(4)5)68-55(79)56(13,80)23-30(7)71/h19,21,24,27-29,31-38,40-43,72,80H,17-18,20,22-23,25-26H2,1-16H3,(H,57,77)(H,58,78)(H,59,81)(H,60,82)(H,61,83)(H,62,84)(H,63,73)(H,64,74)(H,65,85)(H,66,76)(H,67,75)(H,68,79). The van der Waals surface area contributed by atoms with Gasteiger partial charge in [-0.15, -0.1) is 11.8 Å². The van der Waals surface area contributed by atoms with E-state index in [1.807, 2.05) is 47.8 Å².